The van der Waals surface area contributed by atoms with Gasteiger partial charge in [-0.1, -0.05) is 23.0 Å². The predicted molar refractivity (Wildman–Crippen MR) is 106 cm³/mol. The van der Waals surface area contributed by atoms with Gasteiger partial charge >= 0.3 is 0 Å². The SMILES string of the molecule is COc1ccc(-c2noc(CSc3nnc(-c4cccs4)n3N)n2)cc1OC. The molecule has 1 aromatic carbocycles. The van der Waals surface area contributed by atoms with E-state index in [0.29, 0.717) is 39.9 Å². The molecule has 144 valence electrons. The average molecular weight is 416 g/mol. The summed E-state index contributed by atoms with van der Waals surface area (Å²) in [7, 11) is 3.16. The largest absolute Gasteiger partial charge is 0.493 e. The highest BCUT2D eigenvalue weighted by molar-refractivity contribution is 7.98. The molecule has 11 heteroatoms. The highest BCUT2D eigenvalue weighted by Crippen LogP contribution is 2.32. The molecule has 0 amide bonds. The van der Waals surface area contributed by atoms with E-state index in [9.17, 15) is 0 Å². The first-order chi connectivity index (χ1) is 13.7. The monoisotopic (exact) mass is 416 g/mol. The third kappa shape index (κ3) is 3.53. The highest BCUT2D eigenvalue weighted by Gasteiger charge is 2.16. The number of hydrogen-bond acceptors (Lipinski definition) is 10. The maximum Gasteiger partial charge on any atom is 0.237 e. The van der Waals surface area contributed by atoms with Gasteiger partial charge in [0, 0.05) is 5.56 Å². The molecule has 0 fully saturated rings. The fourth-order valence-corrected chi connectivity index (χ4v) is 3.88. The third-order valence-corrected chi connectivity index (χ3v) is 5.63. The van der Waals surface area contributed by atoms with Crippen LogP contribution in [0.4, 0.5) is 0 Å². The molecule has 4 aromatic rings. The molecule has 0 aliphatic carbocycles. The van der Waals surface area contributed by atoms with Crippen LogP contribution in [0.5, 0.6) is 11.5 Å². The van der Waals surface area contributed by atoms with E-state index in [1.807, 2.05) is 23.6 Å². The van der Waals surface area contributed by atoms with E-state index in [2.05, 4.69) is 20.3 Å². The lowest BCUT2D eigenvalue weighted by Crippen LogP contribution is -2.11. The zero-order valence-electron chi connectivity index (χ0n) is 15.0. The Hall–Kier alpha value is -3.05. The van der Waals surface area contributed by atoms with E-state index < -0.39 is 0 Å². The Morgan fingerprint density at radius 3 is 2.79 bits per heavy atom. The van der Waals surface area contributed by atoms with Crippen molar-refractivity contribution in [3.8, 4) is 33.6 Å². The van der Waals surface area contributed by atoms with Gasteiger partial charge < -0.3 is 19.8 Å². The predicted octanol–water partition coefficient (Wildman–Crippen LogP) is 3.08. The van der Waals surface area contributed by atoms with Crippen molar-refractivity contribution in [2.75, 3.05) is 20.1 Å². The van der Waals surface area contributed by atoms with Crippen LogP contribution in [0.25, 0.3) is 22.1 Å². The number of methoxy groups -OCH3 is 2. The Bertz CT molecular complexity index is 1080. The topological polar surface area (TPSA) is 114 Å². The number of nitrogen functional groups attached to an aromatic ring is 1. The first kappa shape index (κ1) is 18.3. The Balaban J connectivity index is 1.47. The number of thiophene rings is 1. The summed E-state index contributed by atoms with van der Waals surface area (Å²) >= 11 is 2.92. The molecule has 0 radical (unpaired) electrons. The normalized spacial score (nSPS) is 10.9. The molecule has 4 rings (SSSR count). The van der Waals surface area contributed by atoms with Crippen molar-refractivity contribution in [2.24, 2.45) is 0 Å². The van der Waals surface area contributed by atoms with Gasteiger partial charge in [-0.2, -0.15) is 4.98 Å². The van der Waals surface area contributed by atoms with Crippen molar-refractivity contribution in [3.05, 3.63) is 41.6 Å². The summed E-state index contributed by atoms with van der Waals surface area (Å²) in [6, 6.07) is 9.31. The number of nitrogens with two attached hydrogens (primary N) is 1. The van der Waals surface area contributed by atoms with Crippen molar-refractivity contribution in [1.82, 2.24) is 25.0 Å². The van der Waals surface area contributed by atoms with Crippen LogP contribution in [-0.4, -0.2) is 39.2 Å². The van der Waals surface area contributed by atoms with Crippen LogP contribution >= 0.6 is 23.1 Å². The van der Waals surface area contributed by atoms with Crippen LogP contribution in [0.15, 0.2) is 45.4 Å². The van der Waals surface area contributed by atoms with Gasteiger partial charge in [0.25, 0.3) is 0 Å². The molecule has 28 heavy (non-hydrogen) atoms. The molecule has 3 heterocycles. The summed E-state index contributed by atoms with van der Waals surface area (Å²) < 4.78 is 17.4. The van der Waals surface area contributed by atoms with E-state index in [4.69, 9.17) is 19.8 Å². The average Bonchev–Trinajstić information content (AvgIpc) is 3.47. The molecule has 0 aliphatic rings. The number of benzene rings is 1. The molecular formula is C17H16N6O3S2. The van der Waals surface area contributed by atoms with Crippen molar-refractivity contribution in [1.29, 1.82) is 0 Å². The summed E-state index contributed by atoms with van der Waals surface area (Å²) in [5.41, 5.74) is 0.764. The van der Waals surface area contributed by atoms with Gasteiger partial charge in [0.05, 0.1) is 24.8 Å². The van der Waals surface area contributed by atoms with Gasteiger partial charge in [0.15, 0.2) is 17.3 Å². The molecule has 3 aromatic heterocycles. The van der Waals surface area contributed by atoms with Crippen molar-refractivity contribution in [2.45, 2.75) is 10.9 Å². The van der Waals surface area contributed by atoms with Gasteiger partial charge in [-0.05, 0) is 29.6 Å². The molecular weight excluding hydrogens is 400 g/mol. The summed E-state index contributed by atoms with van der Waals surface area (Å²) in [6.07, 6.45) is 0. The Morgan fingerprint density at radius 2 is 2.04 bits per heavy atom. The second-order valence-electron chi connectivity index (χ2n) is 5.52. The molecule has 0 spiro atoms. The minimum absolute atomic E-state index is 0.417. The van der Waals surface area contributed by atoms with Crippen LogP contribution < -0.4 is 15.3 Å². The van der Waals surface area contributed by atoms with E-state index >= 15 is 0 Å². The number of aromatic nitrogens is 5. The third-order valence-electron chi connectivity index (χ3n) is 3.84. The Morgan fingerprint density at radius 1 is 1.18 bits per heavy atom. The van der Waals surface area contributed by atoms with Crippen molar-refractivity contribution >= 4 is 23.1 Å². The number of ether oxygens (including phenoxy) is 2. The van der Waals surface area contributed by atoms with Crippen molar-refractivity contribution < 1.29 is 14.0 Å². The first-order valence-corrected chi connectivity index (χ1v) is 9.98. The first-order valence-electron chi connectivity index (χ1n) is 8.11. The summed E-state index contributed by atoms with van der Waals surface area (Å²) in [6.45, 7) is 0. The minimum atomic E-state index is 0.417. The quantitative estimate of drug-likeness (QED) is 0.358. The molecule has 0 unspecified atom stereocenters. The number of thioether (sulfide) groups is 1. The molecule has 0 saturated heterocycles. The molecule has 2 N–H and O–H groups in total. The van der Waals surface area contributed by atoms with Crippen LogP contribution in [0.1, 0.15) is 5.89 Å². The van der Waals surface area contributed by atoms with Gasteiger partial charge in [-0.3, -0.25) is 0 Å². The number of rotatable bonds is 7. The highest BCUT2D eigenvalue weighted by atomic mass is 32.2. The van der Waals surface area contributed by atoms with Gasteiger partial charge in [-0.15, -0.1) is 21.5 Å². The molecule has 0 bridgehead atoms. The zero-order chi connectivity index (χ0) is 19.5. The maximum absolute atomic E-state index is 6.10. The van der Waals surface area contributed by atoms with E-state index in [-0.39, 0.29) is 0 Å². The summed E-state index contributed by atoms with van der Waals surface area (Å²) in [5.74, 6) is 9.28. The summed E-state index contributed by atoms with van der Waals surface area (Å²) in [4.78, 5) is 5.38. The Labute approximate surface area is 168 Å². The van der Waals surface area contributed by atoms with Crippen molar-refractivity contribution in [3.63, 3.8) is 0 Å². The molecule has 9 nitrogen and oxygen atoms in total. The second-order valence-corrected chi connectivity index (χ2v) is 7.41. The lowest BCUT2D eigenvalue weighted by Gasteiger charge is -2.07. The smallest absolute Gasteiger partial charge is 0.237 e. The minimum Gasteiger partial charge on any atom is -0.493 e. The van der Waals surface area contributed by atoms with Gasteiger partial charge in [-0.25, -0.2) is 4.68 Å². The van der Waals surface area contributed by atoms with Gasteiger partial charge in [0.1, 0.15) is 0 Å². The fraction of sp³-hybridized carbons (Fsp3) is 0.176. The van der Waals surface area contributed by atoms with Crippen LogP contribution in [-0.2, 0) is 5.75 Å². The molecule has 0 saturated carbocycles. The van der Waals surface area contributed by atoms with Crippen LogP contribution in [0.3, 0.4) is 0 Å². The lowest BCUT2D eigenvalue weighted by atomic mass is 10.2. The zero-order valence-corrected chi connectivity index (χ0v) is 16.7. The van der Waals surface area contributed by atoms with E-state index in [1.54, 1.807) is 37.7 Å². The number of hydrogen-bond donors (Lipinski definition) is 1. The summed E-state index contributed by atoms with van der Waals surface area (Å²) in [5, 5.41) is 14.8. The maximum atomic E-state index is 6.10. The van der Waals surface area contributed by atoms with E-state index in [0.717, 1.165) is 10.4 Å². The Kier molecular flexibility index (Phi) is 5.17. The van der Waals surface area contributed by atoms with Gasteiger partial charge in [0.2, 0.25) is 16.9 Å². The van der Waals surface area contributed by atoms with E-state index in [1.165, 1.54) is 16.4 Å². The lowest BCUT2D eigenvalue weighted by molar-refractivity contribution is 0.355. The second kappa shape index (κ2) is 7.90. The van der Waals surface area contributed by atoms with Crippen LogP contribution in [0.2, 0.25) is 0 Å². The fourth-order valence-electron chi connectivity index (χ4n) is 2.48. The standard InChI is InChI=1S/C17H16N6O3S2/c1-24-11-6-5-10(8-12(11)25-2)15-19-14(26-22-15)9-28-17-21-20-16(23(17)18)13-4-3-7-27-13/h3-8H,9,18H2,1-2H3. The molecule has 0 aliphatic heterocycles. The molecule has 0 atom stereocenters. The number of nitrogens with zero attached hydrogens (tertiary/aromatic N) is 5. The van der Waals surface area contributed by atoms with Crippen LogP contribution in [0, 0.1) is 0 Å².